The second kappa shape index (κ2) is 10.6. The molecule has 8 nitrogen and oxygen atoms in total. The number of ether oxygens (including phenoxy) is 3. The van der Waals surface area contributed by atoms with Crippen LogP contribution < -0.4 is 14.2 Å². The van der Waals surface area contributed by atoms with Gasteiger partial charge in [-0.05, 0) is 12.3 Å². The number of benzene rings is 1. The number of piperazine rings is 1. The van der Waals surface area contributed by atoms with Crippen LogP contribution in [0.1, 0.15) is 26.3 Å². The predicted octanol–water partition coefficient (Wildman–Crippen LogP) is 2.23. The van der Waals surface area contributed by atoms with Crippen molar-refractivity contribution < 1.29 is 28.6 Å². The Bertz CT molecular complexity index is 806. The summed E-state index contributed by atoms with van der Waals surface area (Å²) < 4.78 is 16.6. The number of carbonyl (C=O) groups excluding carboxylic acids is 3. The highest BCUT2D eigenvalue weighted by Gasteiger charge is 2.25. The molecular formula is C19H24N2O6S2. The van der Waals surface area contributed by atoms with Crippen molar-refractivity contribution in [3.63, 3.8) is 0 Å². The minimum Gasteiger partial charge on any atom is -0.423 e. The molecule has 158 valence electrons. The maximum absolute atomic E-state index is 11.7. The average Bonchev–Trinajstić information content (AvgIpc) is 2.65. The number of carbonyl (C=O) groups is 3. The summed E-state index contributed by atoms with van der Waals surface area (Å²) in [4.78, 5) is 39.0. The Kier molecular flexibility index (Phi) is 8.42. The van der Waals surface area contributed by atoms with Crippen LogP contribution in [0.5, 0.6) is 17.2 Å². The first-order valence-electron chi connectivity index (χ1n) is 8.97. The lowest BCUT2D eigenvalue weighted by Gasteiger charge is -2.35. The fourth-order valence-electron chi connectivity index (χ4n) is 2.90. The van der Waals surface area contributed by atoms with Gasteiger partial charge in [0.25, 0.3) is 0 Å². The van der Waals surface area contributed by atoms with Crippen LogP contribution in [0.15, 0.2) is 12.1 Å². The van der Waals surface area contributed by atoms with E-state index < -0.39 is 17.9 Å². The molecule has 0 radical (unpaired) electrons. The van der Waals surface area contributed by atoms with E-state index in [0.717, 1.165) is 30.5 Å². The van der Waals surface area contributed by atoms with Gasteiger partial charge >= 0.3 is 17.9 Å². The van der Waals surface area contributed by atoms with Gasteiger partial charge in [-0.2, -0.15) is 0 Å². The molecule has 1 saturated heterocycles. The number of thioether (sulfide) groups is 1. The number of hydrogen-bond acceptors (Lipinski definition) is 9. The number of nitrogens with zero attached hydrogens (tertiary/aromatic N) is 2. The van der Waals surface area contributed by atoms with Crippen LogP contribution in [0, 0.1) is 0 Å². The molecule has 1 aromatic carbocycles. The maximum atomic E-state index is 11.7. The van der Waals surface area contributed by atoms with Crippen LogP contribution in [-0.4, -0.2) is 64.5 Å². The van der Waals surface area contributed by atoms with Gasteiger partial charge in [-0.1, -0.05) is 18.3 Å². The third-order valence-corrected chi connectivity index (χ3v) is 5.47. The lowest BCUT2D eigenvalue weighted by molar-refractivity contribution is -0.135. The zero-order chi connectivity index (χ0) is 21.6. The zero-order valence-electron chi connectivity index (χ0n) is 16.9. The highest BCUT2D eigenvalue weighted by molar-refractivity contribution is 8.22. The molecule has 0 bridgehead atoms. The Morgan fingerprint density at radius 3 is 2.00 bits per heavy atom. The van der Waals surface area contributed by atoms with Gasteiger partial charge in [0.2, 0.25) is 5.75 Å². The first kappa shape index (κ1) is 23.1. The number of thiocarbonyl (C=S) groups is 1. The molecule has 2 rings (SSSR count). The molecule has 0 unspecified atom stereocenters. The second-order valence-electron chi connectivity index (χ2n) is 6.40. The molecule has 0 spiro atoms. The van der Waals surface area contributed by atoms with Crippen molar-refractivity contribution in [2.45, 2.75) is 27.3 Å². The van der Waals surface area contributed by atoms with Gasteiger partial charge in [0.05, 0.1) is 0 Å². The number of rotatable bonds is 5. The summed E-state index contributed by atoms with van der Waals surface area (Å²) in [7, 11) is 0. The summed E-state index contributed by atoms with van der Waals surface area (Å²) in [5.41, 5.74) is 0.647. The quantitative estimate of drug-likeness (QED) is 0.386. The van der Waals surface area contributed by atoms with Crippen LogP contribution in [0.3, 0.4) is 0 Å². The third kappa shape index (κ3) is 6.69. The fourth-order valence-corrected chi connectivity index (χ4v) is 3.52. The van der Waals surface area contributed by atoms with E-state index >= 15 is 0 Å². The lowest BCUT2D eigenvalue weighted by atomic mass is 10.1. The third-order valence-electron chi connectivity index (χ3n) is 4.10. The second-order valence-corrected chi connectivity index (χ2v) is 7.84. The SMILES string of the molecule is CSC(=S)N1CCN(Cc2ccc(OC(C)=O)c(OC(C)=O)c2OC(C)=O)CC1. The molecule has 1 heterocycles. The molecule has 1 aliphatic rings. The van der Waals surface area contributed by atoms with E-state index in [9.17, 15) is 14.4 Å². The Balaban J connectivity index is 2.30. The first-order valence-corrected chi connectivity index (χ1v) is 10.6. The average molecular weight is 441 g/mol. The van der Waals surface area contributed by atoms with Gasteiger partial charge in [0, 0.05) is 59.1 Å². The zero-order valence-corrected chi connectivity index (χ0v) is 18.5. The van der Waals surface area contributed by atoms with Crippen LogP contribution in [0.4, 0.5) is 0 Å². The fraction of sp³-hybridized carbons (Fsp3) is 0.474. The van der Waals surface area contributed by atoms with Gasteiger partial charge in [0.1, 0.15) is 4.32 Å². The smallest absolute Gasteiger partial charge is 0.308 e. The minimum absolute atomic E-state index is 0.0165. The predicted molar refractivity (Wildman–Crippen MR) is 113 cm³/mol. The Labute approximate surface area is 179 Å². The molecule has 1 fully saturated rings. The van der Waals surface area contributed by atoms with E-state index in [1.807, 2.05) is 6.26 Å². The highest BCUT2D eigenvalue weighted by atomic mass is 32.2. The molecular weight excluding hydrogens is 416 g/mol. The van der Waals surface area contributed by atoms with Gasteiger partial charge in [0.15, 0.2) is 11.5 Å². The largest absolute Gasteiger partial charge is 0.423 e. The molecule has 0 amide bonds. The standard InChI is InChI=1S/C19H24N2O6S2/c1-12(22)25-16-6-5-15(17(26-13(2)23)18(16)27-14(3)24)11-20-7-9-21(10-8-20)19(28)29-4/h5-6H,7-11H2,1-4H3. The molecule has 0 saturated carbocycles. The van der Waals surface area contributed by atoms with E-state index in [1.54, 1.807) is 17.8 Å². The van der Waals surface area contributed by atoms with Gasteiger partial charge in [-0.25, -0.2) is 0 Å². The normalized spacial score (nSPS) is 14.3. The van der Waals surface area contributed by atoms with Gasteiger partial charge in [-0.3, -0.25) is 19.3 Å². The minimum atomic E-state index is -0.622. The van der Waals surface area contributed by atoms with Crippen LogP contribution >= 0.6 is 24.0 Å². The van der Waals surface area contributed by atoms with Gasteiger partial charge in [-0.15, -0.1) is 11.8 Å². The van der Waals surface area contributed by atoms with E-state index in [0.29, 0.717) is 12.1 Å². The lowest BCUT2D eigenvalue weighted by Crippen LogP contribution is -2.47. The summed E-state index contributed by atoms with van der Waals surface area (Å²) in [6.45, 7) is 7.31. The van der Waals surface area contributed by atoms with E-state index in [-0.39, 0.29) is 17.2 Å². The Hall–Kier alpha value is -2.17. The number of esters is 3. The van der Waals surface area contributed by atoms with Crippen LogP contribution in [-0.2, 0) is 20.9 Å². The Morgan fingerprint density at radius 2 is 1.48 bits per heavy atom. The van der Waals surface area contributed by atoms with Crippen molar-refractivity contribution in [3.8, 4) is 17.2 Å². The molecule has 0 aromatic heterocycles. The van der Waals surface area contributed by atoms with Crippen molar-refractivity contribution in [2.24, 2.45) is 0 Å². The van der Waals surface area contributed by atoms with Crippen LogP contribution in [0.25, 0.3) is 0 Å². The molecule has 0 atom stereocenters. The monoisotopic (exact) mass is 440 g/mol. The van der Waals surface area contributed by atoms with E-state index in [2.05, 4.69) is 9.80 Å². The summed E-state index contributed by atoms with van der Waals surface area (Å²) in [5.74, 6) is -1.77. The van der Waals surface area contributed by atoms with Crippen LogP contribution in [0.2, 0.25) is 0 Å². The summed E-state index contributed by atoms with van der Waals surface area (Å²) in [6, 6.07) is 3.23. The van der Waals surface area contributed by atoms with Crippen molar-refractivity contribution in [3.05, 3.63) is 17.7 Å². The first-order chi connectivity index (χ1) is 13.7. The molecule has 1 aromatic rings. The molecule has 10 heteroatoms. The molecule has 29 heavy (non-hydrogen) atoms. The van der Waals surface area contributed by atoms with Crippen molar-refractivity contribution in [1.82, 2.24) is 9.80 Å². The number of hydrogen-bond donors (Lipinski definition) is 0. The van der Waals surface area contributed by atoms with Crippen molar-refractivity contribution in [2.75, 3.05) is 32.4 Å². The molecule has 0 aliphatic carbocycles. The maximum Gasteiger partial charge on any atom is 0.308 e. The summed E-state index contributed by atoms with van der Waals surface area (Å²) >= 11 is 6.89. The van der Waals surface area contributed by atoms with Gasteiger partial charge < -0.3 is 19.1 Å². The van der Waals surface area contributed by atoms with E-state index in [4.69, 9.17) is 26.4 Å². The van der Waals surface area contributed by atoms with Crippen molar-refractivity contribution >= 4 is 46.2 Å². The molecule has 1 aliphatic heterocycles. The highest BCUT2D eigenvalue weighted by Crippen LogP contribution is 2.41. The van der Waals surface area contributed by atoms with Crippen molar-refractivity contribution in [1.29, 1.82) is 0 Å². The Morgan fingerprint density at radius 1 is 0.931 bits per heavy atom. The topological polar surface area (TPSA) is 85.4 Å². The summed E-state index contributed by atoms with van der Waals surface area (Å²) in [6.07, 6.45) is 1.96. The summed E-state index contributed by atoms with van der Waals surface area (Å²) in [5, 5.41) is 0. The molecule has 0 N–H and O–H groups in total. The van der Waals surface area contributed by atoms with E-state index in [1.165, 1.54) is 26.8 Å².